The average molecular weight is 445 g/mol. The van der Waals surface area contributed by atoms with Gasteiger partial charge in [0.2, 0.25) is 0 Å². The predicted octanol–water partition coefficient (Wildman–Crippen LogP) is 7.94. The van der Waals surface area contributed by atoms with Crippen LogP contribution >= 0.6 is 0 Å². The molecule has 9 rings (SSSR count). The Labute approximate surface area is 202 Å². The molecule has 35 heavy (non-hydrogen) atoms. The third-order valence-electron chi connectivity index (χ3n) is 8.20. The second-order valence-corrected chi connectivity index (χ2v) is 9.97. The van der Waals surface area contributed by atoms with Crippen LogP contribution in [0.4, 0.5) is 0 Å². The maximum Gasteiger partial charge on any atom is 0.146 e. The number of hydrogen-bond donors (Lipinski definition) is 0. The van der Waals surface area contributed by atoms with Gasteiger partial charge < -0.3 is 0 Å². The minimum absolute atomic E-state index is 0.951. The number of pyridine rings is 1. The van der Waals surface area contributed by atoms with Crippen molar-refractivity contribution in [3.63, 3.8) is 0 Å². The molecule has 0 saturated carbocycles. The van der Waals surface area contributed by atoms with Gasteiger partial charge in [-0.1, -0.05) is 72.8 Å². The van der Waals surface area contributed by atoms with Crippen molar-refractivity contribution in [2.45, 2.75) is 12.8 Å². The summed E-state index contributed by atoms with van der Waals surface area (Å²) in [6.07, 6.45) is 1.98. The van der Waals surface area contributed by atoms with Crippen molar-refractivity contribution >= 4 is 38.4 Å². The lowest BCUT2D eigenvalue weighted by molar-refractivity contribution is 1.23. The van der Waals surface area contributed by atoms with Crippen LogP contribution in [-0.4, -0.2) is 9.38 Å². The maximum atomic E-state index is 5.19. The van der Waals surface area contributed by atoms with Crippen molar-refractivity contribution < 1.29 is 0 Å². The maximum absolute atomic E-state index is 5.19. The van der Waals surface area contributed by atoms with Crippen LogP contribution < -0.4 is 0 Å². The highest BCUT2D eigenvalue weighted by molar-refractivity contribution is 6.14. The van der Waals surface area contributed by atoms with Gasteiger partial charge in [0, 0.05) is 17.2 Å². The first-order valence-corrected chi connectivity index (χ1v) is 12.3. The fourth-order valence-electron chi connectivity index (χ4n) is 6.71. The molecule has 0 amide bonds. The molecule has 2 heterocycles. The van der Waals surface area contributed by atoms with Crippen LogP contribution in [0, 0.1) is 0 Å². The monoisotopic (exact) mass is 444 g/mol. The molecule has 2 heteroatoms. The van der Waals surface area contributed by atoms with Gasteiger partial charge in [-0.05, 0) is 80.6 Å². The van der Waals surface area contributed by atoms with Gasteiger partial charge in [-0.2, -0.15) is 0 Å². The van der Waals surface area contributed by atoms with E-state index in [0.717, 1.165) is 24.0 Å². The summed E-state index contributed by atoms with van der Waals surface area (Å²) in [5, 5.41) is 3.75. The van der Waals surface area contributed by atoms with Crippen molar-refractivity contribution in [3.8, 4) is 22.3 Å². The standard InChI is InChI=1S/C33H20N2/c1-2-8-22-19(7-1)15-20-16-28-21(17-27(20)22)18-29-24(28)13-14-30-32(29)35-31-12-6-5-10-25(31)23-9-3-4-11-26(23)33(35)34-30/h1-14,16-17H,15,18H2. The van der Waals surface area contributed by atoms with E-state index in [0.29, 0.717) is 0 Å². The summed E-state index contributed by atoms with van der Waals surface area (Å²) in [7, 11) is 0. The zero-order chi connectivity index (χ0) is 22.7. The average Bonchev–Trinajstić information content (AvgIpc) is 3.58. The minimum atomic E-state index is 0.951. The number of imidazole rings is 1. The van der Waals surface area contributed by atoms with Crippen molar-refractivity contribution in [2.24, 2.45) is 0 Å². The number of benzene rings is 5. The Morgan fingerprint density at radius 1 is 0.543 bits per heavy atom. The molecule has 0 bridgehead atoms. The first kappa shape index (κ1) is 18.0. The summed E-state index contributed by atoms with van der Waals surface area (Å²) in [5.74, 6) is 0. The van der Waals surface area contributed by atoms with Gasteiger partial charge in [0.05, 0.1) is 16.6 Å². The molecule has 2 aliphatic rings. The summed E-state index contributed by atoms with van der Waals surface area (Å²) in [6.45, 7) is 0. The minimum Gasteiger partial charge on any atom is -0.291 e. The van der Waals surface area contributed by atoms with Gasteiger partial charge >= 0.3 is 0 Å². The molecule has 0 spiro atoms. The molecule has 5 aromatic carbocycles. The Kier molecular flexibility index (Phi) is 3.16. The highest BCUT2D eigenvalue weighted by Crippen LogP contribution is 2.47. The number of para-hydroxylation sites is 1. The highest BCUT2D eigenvalue weighted by atomic mass is 15.0. The molecule has 2 aliphatic carbocycles. The Balaban J connectivity index is 1.38. The smallest absolute Gasteiger partial charge is 0.146 e. The van der Waals surface area contributed by atoms with Crippen molar-refractivity contribution in [3.05, 3.63) is 119 Å². The van der Waals surface area contributed by atoms with E-state index < -0.39 is 0 Å². The summed E-state index contributed by atoms with van der Waals surface area (Å²) in [4.78, 5) is 5.19. The molecule has 2 nitrogen and oxygen atoms in total. The highest BCUT2D eigenvalue weighted by Gasteiger charge is 2.28. The van der Waals surface area contributed by atoms with Gasteiger partial charge in [0.15, 0.2) is 0 Å². The fraction of sp³-hybridized carbons (Fsp3) is 0.0606. The molecule has 0 saturated heterocycles. The molecule has 162 valence electrons. The summed E-state index contributed by atoms with van der Waals surface area (Å²) in [6, 6.07) is 35.7. The number of nitrogens with zero attached hydrogens (tertiary/aromatic N) is 2. The third-order valence-corrected chi connectivity index (χ3v) is 8.20. The molecule has 0 atom stereocenters. The normalized spacial score (nSPS) is 13.5. The van der Waals surface area contributed by atoms with Crippen LogP contribution in [0.2, 0.25) is 0 Å². The van der Waals surface area contributed by atoms with Crippen LogP contribution in [0.15, 0.2) is 97.1 Å². The van der Waals surface area contributed by atoms with Gasteiger partial charge in [-0.25, -0.2) is 4.98 Å². The molecule has 0 unspecified atom stereocenters. The molecular weight excluding hydrogens is 424 g/mol. The molecule has 0 aliphatic heterocycles. The Bertz CT molecular complexity index is 2060. The van der Waals surface area contributed by atoms with E-state index in [9.17, 15) is 0 Å². The van der Waals surface area contributed by atoms with Crippen LogP contribution in [0.1, 0.15) is 22.3 Å². The molecule has 2 aromatic heterocycles. The largest absolute Gasteiger partial charge is 0.291 e. The van der Waals surface area contributed by atoms with Gasteiger partial charge in [0.1, 0.15) is 5.65 Å². The number of rotatable bonds is 0. The summed E-state index contributed by atoms with van der Waals surface area (Å²) in [5.41, 5.74) is 15.9. The molecule has 0 fully saturated rings. The first-order chi connectivity index (χ1) is 17.3. The van der Waals surface area contributed by atoms with E-state index in [1.54, 1.807) is 0 Å². The molecule has 7 aromatic rings. The SMILES string of the molecule is c1ccc2c(c1)Cc1cc3c(cc1-2)Cc1c-3ccc2nc3c4ccccc4c4ccccc4n3c12. The molecular formula is C33H20N2. The van der Waals surface area contributed by atoms with Crippen LogP contribution in [0.25, 0.3) is 60.6 Å². The van der Waals surface area contributed by atoms with Gasteiger partial charge in [-0.15, -0.1) is 0 Å². The first-order valence-electron chi connectivity index (χ1n) is 12.3. The summed E-state index contributed by atoms with van der Waals surface area (Å²) < 4.78 is 2.42. The quantitative estimate of drug-likeness (QED) is 0.217. The zero-order valence-corrected chi connectivity index (χ0v) is 19.0. The van der Waals surface area contributed by atoms with Crippen molar-refractivity contribution in [2.75, 3.05) is 0 Å². The number of aromatic nitrogens is 2. The van der Waals surface area contributed by atoms with Crippen LogP contribution in [-0.2, 0) is 12.8 Å². The van der Waals surface area contributed by atoms with Crippen LogP contribution in [0.3, 0.4) is 0 Å². The van der Waals surface area contributed by atoms with E-state index in [1.165, 1.54) is 71.7 Å². The van der Waals surface area contributed by atoms with Crippen molar-refractivity contribution in [1.29, 1.82) is 0 Å². The van der Waals surface area contributed by atoms with Crippen LogP contribution in [0.5, 0.6) is 0 Å². The molecule has 0 N–H and O–H groups in total. The van der Waals surface area contributed by atoms with E-state index in [-0.39, 0.29) is 0 Å². The lowest BCUT2D eigenvalue weighted by Crippen LogP contribution is -1.93. The number of fused-ring (bicyclic) bond motifs is 15. The van der Waals surface area contributed by atoms with Crippen molar-refractivity contribution in [1.82, 2.24) is 9.38 Å². The van der Waals surface area contributed by atoms with Gasteiger partial charge in [-0.3, -0.25) is 4.40 Å². The topological polar surface area (TPSA) is 17.3 Å². The lowest BCUT2D eigenvalue weighted by Gasteiger charge is -2.10. The lowest BCUT2D eigenvalue weighted by atomic mass is 9.98. The zero-order valence-electron chi connectivity index (χ0n) is 19.0. The number of hydrogen-bond acceptors (Lipinski definition) is 1. The Morgan fingerprint density at radius 3 is 2.17 bits per heavy atom. The van der Waals surface area contributed by atoms with E-state index in [1.807, 2.05) is 0 Å². The van der Waals surface area contributed by atoms with E-state index in [2.05, 4.69) is 101 Å². The molecule has 0 radical (unpaired) electrons. The third kappa shape index (κ3) is 2.18. The predicted molar refractivity (Wildman–Crippen MR) is 144 cm³/mol. The second kappa shape index (κ2) is 6.17. The Morgan fingerprint density at radius 2 is 1.26 bits per heavy atom. The van der Waals surface area contributed by atoms with E-state index in [4.69, 9.17) is 4.98 Å². The van der Waals surface area contributed by atoms with Gasteiger partial charge in [0.25, 0.3) is 0 Å². The fourth-order valence-corrected chi connectivity index (χ4v) is 6.71. The summed E-state index contributed by atoms with van der Waals surface area (Å²) >= 11 is 0. The van der Waals surface area contributed by atoms with E-state index >= 15 is 0 Å². The second-order valence-electron chi connectivity index (χ2n) is 9.97. The Hall–Kier alpha value is -4.43.